The summed E-state index contributed by atoms with van der Waals surface area (Å²) in [5.74, 6) is -1.71. The Hall–Kier alpha value is -3.69. The van der Waals surface area contributed by atoms with E-state index in [0.29, 0.717) is 0 Å². The third-order valence-corrected chi connectivity index (χ3v) is 5.42. The molecular formula is C23H18Cl2FN5O3. The lowest BCUT2D eigenvalue weighted by atomic mass is 10.1. The first kappa shape index (κ1) is 23.5. The molecule has 2 aromatic heterocycles. The summed E-state index contributed by atoms with van der Waals surface area (Å²) in [6.07, 6.45) is 3.30. The molecule has 11 heteroatoms. The fourth-order valence-electron chi connectivity index (χ4n) is 3.06. The number of anilines is 1. The van der Waals surface area contributed by atoms with Crippen LogP contribution < -0.4 is 10.1 Å². The zero-order chi connectivity index (χ0) is 24.1. The summed E-state index contributed by atoms with van der Waals surface area (Å²) in [5.41, 5.74) is 1.35. The number of hydrogen-bond acceptors (Lipinski definition) is 7. The highest BCUT2D eigenvalue weighted by Crippen LogP contribution is 2.35. The Kier molecular flexibility index (Phi) is 7.24. The molecule has 4 rings (SSSR count). The van der Waals surface area contributed by atoms with Gasteiger partial charge in [-0.2, -0.15) is 5.10 Å². The van der Waals surface area contributed by atoms with E-state index in [1.165, 1.54) is 19.2 Å². The molecule has 0 aliphatic heterocycles. The van der Waals surface area contributed by atoms with Gasteiger partial charge in [-0.15, -0.1) is 0 Å². The van der Waals surface area contributed by atoms with E-state index in [-0.39, 0.29) is 51.8 Å². The number of halogens is 3. The predicted molar refractivity (Wildman–Crippen MR) is 125 cm³/mol. The Morgan fingerprint density at radius 1 is 1.12 bits per heavy atom. The molecule has 0 spiro atoms. The second-order valence-electron chi connectivity index (χ2n) is 7.02. The highest BCUT2D eigenvalue weighted by molar-refractivity contribution is 6.35. The maximum Gasteiger partial charge on any atom is 0.359 e. The number of H-pyrrole nitrogens is 1. The lowest BCUT2D eigenvalue weighted by molar-refractivity contribution is 0.0466. The summed E-state index contributed by atoms with van der Waals surface area (Å²) in [7, 11) is 1.29. The van der Waals surface area contributed by atoms with Crippen LogP contribution in [0.25, 0.3) is 11.4 Å². The fraction of sp³-hybridized carbons (Fsp3) is 0.130. The summed E-state index contributed by atoms with van der Waals surface area (Å²) >= 11 is 12.5. The van der Waals surface area contributed by atoms with E-state index in [1.54, 1.807) is 12.4 Å². The van der Waals surface area contributed by atoms with Crippen LogP contribution in [0.1, 0.15) is 21.6 Å². The van der Waals surface area contributed by atoms with Crippen LogP contribution in [-0.4, -0.2) is 33.2 Å². The van der Waals surface area contributed by atoms with Crippen LogP contribution in [0.15, 0.2) is 54.9 Å². The van der Waals surface area contributed by atoms with Gasteiger partial charge in [-0.05, 0) is 17.7 Å². The number of aromatic nitrogens is 4. The summed E-state index contributed by atoms with van der Waals surface area (Å²) in [6.45, 7) is 0.299. The third kappa shape index (κ3) is 5.11. The van der Waals surface area contributed by atoms with E-state index in [0.717, 1.165) is 11.1 Å². The van der Waals surface area contributed by atoms with Gasteiger partial charge in [0.25, 0.3) is 0 Å². The van der Waals surface area contributed by atoms with Crippen molar-refractivity contribution in [1.29, 1.82) is 0 Å². The predicted octanol–water partition coefficient (Wildman–Crippen LogP) is 5.29. The third-order valence-electron chi connectivity index (χ3n) is 4.77. The molecule has 0 unspecified atom stereocenters. The number of ether oxygens (including phenoxy) is 2. The van der Waals surface area contributed by atoms with E-state index in [2.05, 4.69) is 25.5 Å². The minimum Gasteiger partial charge on any atom is -0.492 e. The molecule has 0 fully saturated rings. The lowest BCUT2D eigenvalue weighted by Crippen LogP contribution is -2.13. The number of benzene rings is 2. The van der Waals surface area contributed by atoms with Gasteiger partial charge in [-0.25, -0.2) is 19.2 Å². The topological polar surface area (TPSA) is 102 Å². The molecule has 0 atom stereocenters. The Morgan fingerprint density at radius 3 is 2.62 bits per heavy atom. The largest absolute Gasteiger partial charge is 0.492 e. The SMILES string of the molecule is COc1c(Cl)ccc(-c2nc(NCc3cn[nH]c3)c(Cl)c(C(=O)OCc3ccccc3)n2)c1F. The number of carbonyl (C=O) groups is 1. The number of hydrogen-bond donors (Lipinski definition) is 2. The van der Waals surface area contributed by atoms with Crippen molar-refractivity contribution >= 4 is 35.0 Å². The Morgan fingerprint density at radius 2 is 1.91 bits per heavy atom. The van der Waals surface area contributed by atoms with Crippen molar-refractivity contribution in [2.24, 2.45) is 0 Å². The monoisotopic (exact) mass is 501 g/mol. The summed E-state index contributed by atoms with van der Waals surface area (Å²) < 4.78 is 25.5. The smallest absolute Gasteiger partial charge is 0.359 e. The van der Waals surface area contributed by atoms with Crippen LogP contribution in [0, 0.1) is 5.82 Å². The lowest BCUT2D eigenvalue weighted by Gasteiger charge is -2.14. The molecule has 0 saturated carbocycles. The van der Waals surface area contributed by atoms with Crippen molar-refractivity contribution in [3.05, 3.63) is 87.5 Å². The van der Waals surface area contributed by atoms with Gasteiger partial charge in [0.05, 0.1) is 23.9 Å². The van der Waals surface area contributed by atoms with E-state index in [9.17, 15) is 4.79 Å². The number of nitrogens with one attached hydrogen (secondary N) is 2. The van der Waals surface area contributed by atoms with Gasteiger partial charge in [0, 0.05) is 18.3 Å². The molecule has 0 radical (unpaired) electrons. The van der Waals surface area contributed by atoms with Crippen LogP contribution in [0.3, 0.4) is 0 Å². The minimum absolute atomic E-state index is 0.0102. The molecule has 0 aliphatic carbocycles. The molecule has 8 nitrogen and oxygen atoms in total. The molecule has 4 aromatic rings. The molecule has 174 valence electrons. The van der Waals surface area contributed by atoms with Crippen molar-refractivity contribution in [2.75, 3.05) is 12.4 Å². The summed E-state index contributed by atoms with van der Waals surface area (Å²) in [5, 5.41) is 9.62. The number of methoxy groups -OCH3 is 1. The highest BCUT2D eigenvalue weighted by Gasteiger charge is 2.24. The van der Waals surface area contributed by atoms with Crippen LogP contribution >= 0.6 is 23.2 Å². The van der Waals surface area contributed by atoms with Crippen molar-refractivity contribution in [2.45, 2.75) is 13.2 Å². The Balaban J connectivity index is 1.72. The van der Waals surface area contributed by atoms with Gasteiger partial charge in [-0.1, -0.05) is 53.5 Å². The highest BCUT2D eigenvalue weighted by atomic mass is 35.5. The van der Waals surface area contributed by atoms with Crippen LogP contribution in [0.5, 0.6) is 5.75 Å². The van der Waals surface area contributed by atoms with E-state index >= 15 is 4.39 Å². The second-order valence-corrected chi connectivity index (χ2v) is 7.81. The Labute approximate surface area is 204 Å². The average molecular weight is 502 g/mol. The van der Waals surface area contributed by atoms with Gasteiger partial charge in [0.1, 0.15) is 17.4 Å². The molecule has 34 heavy (non-hydrogen) atoms. The van der Waals surface area contributed by atoms with Gasteiger partial charge in [-0.3, -0.25) is 5.10 Å². The quantitative estimate of drug-likeness (QED) is 0.316. The average Bonchev–Trinajstić information content (AvgIpc) is 3.37. The molecule has 0 bridgehead atoms. The van der Waals surface area contributed by atoms with Crippen molar-refractivity contribution in [3.63, 3.8) is 0 Å². The second kappa shape index (κ2) is 10.5. The number of carbonyl (C=O) groups excluding carboxylic acids is 1. The maximum atomic E-state index is 15.1. The summed E-state index contributed by atoms with van der Waals surface area (Å²) in [6, 6.07) is 12.0. The van der Waals surface area contributed by atoms with Gasteiger partial charge in [0.2, 0.25) is 0 Å². The maximum absolute atomic E-state index is 15.1. The standard InChI is InChI=1S/C23H18Cl2FN5O3/c1-33-20-16(24)8-7-15(18(20)26)21-30-19(23(32)34-12-13-5-3-2-4-6-13)17(25)22(31-21)27-9-14-10-28-29-11-14/h2-8,10-11H,9,12H2,1H3,(H,28,29)(H,27,30,31). The van der Waals surface area contributed by atoms with Crippen molar-refractivity contribution in [1.82, 2.24) is 20.2 Å². The summed E-state index contributed by atoms with van der Waals surface area (Å²) in [4.78, 5) is 21.4. The van der Waals surface area contributed by atoms with E-state index in [4.69, 9.17) is 32.7 Å². The molecule has 2 N–H and O–H groups in total. The molecule has 0 aliphatic rings. The Bertz CT molecular complexity index is 1300. The first-order chi connectivity index (χ1) is 16.5. The normalized spacial score (nSPS) is 10.7. The zero-order valence-corrected chi connectivity index (χ0v) is 19.3. The van der Waals surface area contributed by atoms with Crippen molar-refractivity contribution in [3.8, 4) is 17.1 Å². The number of aromatic amines is 1. The van der Waals surface area contributed by atoms with Crippen LogP contribution in [-0.2, 0) is 17.9 Å². The number of nitrogens with zero attached hydrogens (tertiary/aromatic N) is 3. The van der Waals surface area contributed by atoms with E-state index < -0.39 is 11.8 Å². The zero-order valence-electron chi connectivity index (χ0n) is 17.8. The molecule has 2 heterocycles. The molecule has 2 aromatic carbocycles. The molecular weight excluding hydrogens is 484 g/mol. The van der Waals surface area contributed by atoms with Gasteiger partial charge in [0.15, 0.2) is 23.1 Å². The number of esters is 1. The van der Waals surface area contributed by atoms with E-state index in [1.807, 2.05) is 30.3 Å². The van der Waals surface area contributed by atoms with Crippen LogP contribution in [0.2, 0.25) is 10.0 Å². The molecule has 0 amide bonds. The minimum atomic E-state index is -0.787. The first-order valence-corrected chi connectivity index (χ1v) is 10.8. The first-order valence-electron chi connectivity index (χ1n) is 10.0. The van der Waals surface area contributed by atoms with Gasteiger partial charge < -0.3 is 14.8 Å². The fourth-order valence-corrected chi connectivity index (χ4v) is 3.52. The molecule has 0 saturated heterocycles. The van der Waals surface area contributed by atoms with Gasteiger partial charge >= 0.3 is 5.97 Å². The number of rotatable bonds is 8. The van der Waals surface area contributed by atoms with Crippen molar-refractivity contribution < 1.29 is 18.7 Å². The van der Waals surface area contributed by atoms with Crippen LogP contribution in [0.4, 0.5) is 10.2 Å².